The van der Waals surface area contributed by atoms with Crippen LogP contribution >= 0.6 is 0 Å². The van der Waals surface area contributed by atoms with Gasteiger partial charge in [0.05, 0.1) is 7.11 Å². The first-order valence-corrected chi connectivity index (χ1v) is 5.52. The Morgan fingerprint density at radius 3 is 2.33 bits per heavy atom. The predicted octanol–water partition coefficient (Wildman–Crippen LogP) is 2.47. The van der Waals surface area contributed by atoms with E-state index in [0.29, 0.717) is 0 Å². The minimum atomic E-state index is -1.53. The van der Waals surface area contributed by atoms with Crippen LogP contribution in [0.25, 0.3) is 0 Å². The third kappa shape index (κ3) is 2.57. The number of esters is 1. The highest BCUT2D eigenvalue weighted by molar-refractivity contribution is 5.80. The Balaban J connectivity index is 2.18. The molecule has 1 saturated carbocycles. The highest BCUT2D eigenvalue weighted by atomic mass is 19.2. The lowest BCUT2D eigenvalue weighted by Crippen LogP contribution is -2.32. The van der Waals surface area contributed by atoms with E-state index in [1.807, 2.05) is 0 Å². The van der Waals surface area contributed by atoms with Crippen LogP contribution in [0, 0.1) is 23.4 Å². The van der Waals surface area contributed by atoms with Crippen LogP contribution in [0.2, 0.25) is 0 Å². The number of carbonyl (C=O) groups excluding carboxylic acids is 1. The predicted molar refractivity (Wildman–Crippen MR) is 58.5 cm³/mol. The summed E-state index contributed by atoms with van der Waals surface area (Å²) >= 11 is 0. The van der Waals surface area contributed by atoms with Crippen LogP contribution in [-0.2, 0) is 9.53 Å². The third-order valence-electron chi connectivity index (χ3n) is 2.85. The molecular formula is C12H12F3NO2. The largest absolute Gasteiger partial charge is 0.467 e. The SMILES string of the molecule is COC(=O)C(Nc1cc(F)c(F)c(F)c1)C1CC1. The van der Waals surface area contributed by atoms with Gasteiger partial charge in [-0.25, -0.2) is 18.0 Å². The van der Waals surface area contributed by atoms with E-state index in [-0.39, 0.29) is 11.6 Å². The number of ether oxygens (including phenoxy) is 1. The molecule has 1 fully saturated rings. The Labute approximate surface area is 102 Å². The first kappa shape index (κ1) is 12.7. The van der Waals surface area contributed by atoms with E-state index in [0.717, 1.165) is 25.0 Å². The van der Waals surface area contributed by atoms with Crippen molar-refractivity contribution in [2.24, 2.45) is 5.92 Å². The zero-order valence-electron chi connectivity index (χ0n) is 9.67. The molecule has 1 N–H and O–H groups in total. The summed E-state index contributed by atoms with van der Waals surface area (Å²) in [6.45, 7) is 0. The molecule has 1 aromatic rings. The smallest absolute Gasteiger partial charge is 0.328 e. The summed E-state index contributed by atoms with van der Waals surface area (Å²) < 4.78 is 43.4. The van der Waals surface area contributed by atoms with E-state index in [2.05, 4.69) is 10.1 Å². The van der Waals surface area contributed by atoms with Crippen LogP contribution in [0.3, 0.4) is 0 Å². The van der Waals surface area contributed by atoms with Gasteiger partial charge in [0.15, 0.2) is 17.5 Å². The van der Waals surface area contributed by atoms with E-state index < -0.39 is 29.5 Å². The lowest BCUT2D eigenvalue weighted by molar-refractivity contribution is -0.142. The van der Waals surface area contributed by atoms with Crippen LogP contribution < -0.4 is 5.32 Å². The average molecular weight is 259 g/mol. The summed E-state index contributed by atoms with van der Waals surface area (Å²) in [5, 5.41) is 2.68. The molecule has 1 aliphatic carbocycles. The van der Waals surface area contributed by atoms with Crippen molar-refractivity contribution in [1.29, 1.82) is 0 Å². The van der Waals surface area contributed by atoms with Gasteiger partial charge in [-0.05, 0) is 18.8 Å². The maximum atomic E-state index is 13.0. The number of benzene rings is 1. The second kappa shape index (κ2) is 4.88. The van der Waals surface area contributed by atoms with Gasteiger partial charge in [-0.1, -0.05) is 0 Å². The second-order valence-corrected chi connectivity index (χ2v) is 4.24. The summed E-state index contributed by atoms with van der Waals surface area (Å²) in [6.07, 6.45) is 1.69. The molecule has 1 unspecified atom stereocenters. The lowest BCUT2D eigenvalue weighted by Gasteiger charge is -2.17. The lowest BCUT2D eigenvalue weighted by atomic mass is 10.1. The van der Waals surface area contributed by atoms with E-state index >= 15 is 0 Å². The number of hydrogen-bond acceptors (Lipinski definition) is 3. The standard InChI is InChI=1S/C12H12F3NO2/c1-18-12(17)11(6-2-3-6)16-7-4-8(13)10(15)9(14)5-7/h4-6,11,16H,2-3H2,1H3. The molecule has 98 valence electrons. The number of carbonyl (C=O) groups is 1. The number of hydrogen-bond donors (Lipinski definition) is 1. The first-order chi connectivity index (χ1) is 8.52. The molecule has 0 spiro atoms. The van der Waals surface area contributed by atoms with Crippen LogP contribution in [0.5, 0.6) is 0 Å². The van der Waals surface area contributed by atoms with Crippen molar-refractivity contribution in [1.82, 2.24) is 0 Å². The molecular weight excluding hydrogens is 247 g/mol. The quantitative estimate of drug-likeness (QED) is 0.666. The zero-order valence-corrected chi connectivity index (χ0v) is 9.67. The van der Waals surface area contributed by atoms with E-state index in [9.17, 15) is 18.0 Å². The Morgan fingerprint density at radius 2 is 1.89 bits per heavy atom. The highest BCUT2D eigenvalue weighted by Gasteiger charge is 2.37. The molecule has 2 rings (SSSR count). The van der Waals surface area contributed by atoms with Gasteiger partial charge in [0, 0.05) is 17.8 Å². The van der Waals surface area contributed by atoms with Crippen molar-refractivity contribution in [3.8, 4) is 0 Å². The van der Waals surface area contributed by atoms with Crippen molar-refractivity contribution in [2.45, 2.75) is 18.9 Å². The molecule has 0 aromatic heterocycles. The monoisotopic (exact) mass is 259 g/mol. The van der Waals surface area contributed by atoms with Crippen LogP contribution in [0.4, 0.5) is 18.9 Å². The molecule has 0 amide bonds. The van der Waals surface area contributed by atoms with Crippen molar-refractivity contribution in [2.75, 3.05) is 12.4 Å². The molecule has 0 radical (unpaired) electrons. The van der Waals surface area contributed by atoms with Gasteiger partial charge in [-0.3, -0.25) is 0 Å². The van der Waals surface area contributed by atoms with Gasteiger partial charge in [0.25, 0.3) is 0 Å². The molecule has 0 aliphatic heterocycles. The van der Waals surface area contributed by atoms with Crippen molar-refractivity contribution < 1.29 is 22.7 Å². The molecule has 3 nitrogen and oxygen atoms in total. The fourth-order valence-corrected chi connectivity index (χ4v) is 1.74. The van der Waals surface area contributed by atoms with Gasteiger partial charge >= 0.3 is 5.97 Å². The summed E-state index contributed by atoms with van der Waals surface area (Å²) in [4.78, 5) is 11.5. The van der Waals surface area contributed by atoms with Crippen molar-refractivity contribution >= 4 is 11.7 Å². The Kier molecular flexibility index (Phi) is 3.45. The molecule has 18 heavy (non-hydrogen) atoms. The minimum absolute atomic E-state index is 0.0219. The number of methoxy groups -OCH3 is 1. The van der Waals surface area contributed by atoms with Gasteiger partial charge in [0.2, 0.25) is 0 Å². The maximum Gasteiger partial charge on any atom is 0.328 e. The fourth-order valence-electron chi connectivity index (χ4n) is 1.74. The summed E-state index contributed by atoms with van der Waals surface area (Å²) in [5.74, 6) is -4.52. The van der Waals surface area contributed by atoms with Gasteiger partial charge in [-0.15, -0.1) is 0 Å². The normalized spacial score (nSPS) is 16.2. The van der Waals surface area contributed by atoms with E-state index in [4.69, 9.17) is 0 Å². The first-order valence-electron chi connectivity index (χ1n) is 5.52. The zero-order chi connectivity index (χ0) is 13.3. The topological polar surface area (TPSA) is 38.3 Å². The van der Waals surface area contributed by atoms with Crippen LogP contribution in [0.1, 0.15) is 12.8 Å². The molecule has 1 atom stereocenters. The summed E-state index contributed by atoms with van der Waals surface area (Å²) in [5.41, 5.74) is 0.0219. The van der Waals surface area contributed by atoms with Gasteiger partial charge < -0.3 is 10.1 Å². The number of halogens is 3. The third-order valence-corrected chi connectivity index (χ3v) is 2.85. The molecule has 0 saturated heterocycles. The van der Waals surface area contributed by atoms with Gasteiger partial charge in [-0.2, -0.15) is 0 Å². The highest BCUT2D eigenvalue weighted by Crippen LogP contribution is 2.35. The maximum absolute atomic E-state index is 13.0. The Hall–Kier alpha value is -1.72. The molecule has 1 aromatic carbocycles. The summed E-state index contributed by atoms with van der Waals surface area (Å²) in [6, 6.07) is 0.979. The Bertz CT molecular complexity index is 451. The molecule has 6 heteroatoms. The van der Waals surface area contributed by atoms with E-state index in [1.54, 1.807) is 0 Å². The number of rotatable bonds is 4. The number of anilines is 1. The molecule has 1 aliphatic rings. The average Bonchev–Trinajstić information content (AvgIpc) is 3.16. The van der Waals surface area contributed by atoms with Crippen molar-refractivity contribution in [3.63, 3.8) is 0 Å². The van der Waals surface area contributed by atoms with Crippen molar-refractivity contribution in [3.05, 3.63) is 29.6 Å². The summed E-state index contributed by atoms with van der Waals surface area (Å²) in [7, 11) is 1.24. The molecule has 0 bridgehead atoms. The Morgan fingerprint density at radius 1 is 1.33 bits per heavy atom. The second-order valence-electron chi connectivity index (χ2n) is 4.24. The van der Waals surface area contributed by atoms with Crippen LogP contribution in [-0.4, -0.2) is 19.1 Å². The van der Waals surface area contributed by atoms with E-state index in [1.165, 1.54) is 7.11 Å². The van der Waals surface area contributed by atoms with Crippen LogP contribution in [0.15, 0.2) is 12.1 Å². The fraction of sp³-hybridized carbons (Fsp3) is 0.417. The minimum Gasteiger partial charge on any atom is -0.467 e. The molecule has 0 heterocycles. The van der Waals surface area contributed by atoms with Gasteiger partial charge in [0.1, 0.15) is 6.04 Å². The number of nitrogens with one attached hydrogen (secondary N) is 1.